The number of aliphatic hydroxyl groups excluding tert-OH is 1. The number of nitrogens with two attached hydrogens (primary N) is 1. The normalized spacial score (nSPS) is 10.2. The number of amidine groups is 1. The van der Waals surface area contributed by atoms with Crippen LogP contribution in [0, 0.1) is 12.3 Å². The Bertz CT molecular complexity index is 594. The van der Waals surface area contributed by atoms with Gasteiger partial charge in [0.25, 0.3) is 0 Å². The van der Waals surface area contributed by atoms with E-state index in [1.54, 1.807) is 36.5 Å². The highest BCUT2D eigenvalue weighted by Gasteiger charge is 2.12. The van der Waals surface area contributed by atoms with Crippen molar-refractivity contribution in [3.05, 3.63) is 53.2 Å². The number of rotatable bonds is 4. The van der Waals surface area contributed by atoms with E-state index in [2.05, 4.69) is 4.98 Å². The maximum Gasteiger partial charge on any atom is 0.230 e. The van der Waals surface area contributed by atoms with Crippen LogP contribution in [0.3, 0.4) is 0 Å². The fourth-order valence-electron chi connectivity index (χ4n) is 1.71. The van der Waals surface area contributed by atoms with E-state index in [4.69, 9.17) is 21.0 Å². The second kappa shape index (κ2) is 5.49. The van der Waals surface area contributed by atoms with Crippen molar-refractivity contribution in [3.8, 4) is 11.6 Å². The van der Waals surface area contributed by atoms with Gasteiger partial charge < -0.3 is 15.6 Å². The smallest absolute Gasteiger partial charge is 0.230 e. The van der Waals surface area contributed by atoms with E-state index >= 15 is 0 Å². The molecule has 0 spiro atoms. The van der Waals surface area contributed by atoms with Crippen LogP contribution in [0.2, 0.25) is 0 Å². The zero-order valence-electron chi connectivity index (χ0n) is 10.6. The Morgan fingerprint density at radius 2 is 2.00 bits per heavy atom. The zero-order valence-corrected chi connectivity index (χ0v) is 10.6. The summed E-state index contributed by atoms with van der Waals surface area (Å²) in [6.45, 7) is 1.84. The Hall–Kier alpha value is -2.40. The first-order chi connectivity index (χ1) is 9.11. The first-order valence-electron chi connectivity index (χ1n) is 5.79. The molecule has 1 aromatic heterocycles. The second-order valence-corrected chi connectivity index (χ2v) is 4.13. The van der Waals surface area contributed by atoms with E-state index in [0.717, 1.165) is 11.1 Å². The fourth-order valence-corrected chi connectivity index (χ4v) is 1.71. The van der Waals surface area contributed by atoms with Gasteiger partial charge in [0.05, 0.1) is 12.2 Å². The number of benzene rings is 1. The van der Waals surface area contributed by atoms with Crippen molar-refractivity contribution in [1.82, 2.24) is 4.98 Å². The summed E-state index contributed by atoms with van der Waals surface area (Å²) in [6.07, 6.45) is 1.61. The summed E-state index contributed by atoms with van der Waals surface area (Å²) in [4.78, 5) is 4.11. The molecule has 2 rings (SSSR count). The highest BCUT2D eigenvalue weighted by Crippen LogP contribution is 2.25. The molecule has 0 aliphatic rings. The maximum absolute atomic E-state index is 8.97. The van der Waals surface area contributed by atoms with Crippen molar-refractivity contribution in [1.29, 1.82) is 5.41 Å². The van der Waals surface area contributed by atoms with E-state index in [0.29, 0.717) is 17.2 Å². The van der Waals surface area contributed by atoms with Crippen LogP contribution in [0.5, 0.6) is 11.6 Å². The summed E-state index contributed by atoms with van der Waals surface area (Å²) in [7, 11) is 0. The molecule has 0 saturated carbocycles. The van der Waals surface area contributed by atoms with Crippen LogP contribution in [0.15, 0.2) is 36.5 Å². The third kappa shape index (κ3) is 2.89. The summed E-state index contributed by atoms with van der Waals surface area (Å²) in [5.74, 6) is 0.814. The molecule has 2 aromatic rings. The van der Waals surface area contributed by atoms with Gasteiger partial charge in [0, 0.05) is 6.20 Å². The average molecular weight is 257 g/mol. The monoisotopic (exact) mass is 257 g/mol. The molecule has 98 valence electrons. The summed E-state index contributed by atoms with van der Waals surface area (Å²) in [6, 6.07) is 8.77. The van der Waals surface area contributed by atoms with Gasteiger partial charge in [-0.1, -0.05) is 12.1 Å². The standard InChI is InChI=1S/C14H15N3O2/c1-9-6-7-17-14(12(9)13(15)16)19-11-4-2-10(8-18)3-5-11/h2-7,18H,8H2,1H3,(H3,15,16). The summed E-state index contributed by atoms with van der Waals surface area (Å²) in [5, 5.41) is 16.5. The van der Waals surface area contributed by atoms with E-state index in [-0.39, 0.29) is 12.4 Å². The quantitative estimate of drug-likeness (QED) is 0.576. The SMILES string of the molecule is Cc1ccnc(Oc2ccc(CO)cc2)c1C(=N)N. The van der Waals surface area contributed by atoms with Gasteiger partial charge in [0.2, 0.25) is 5.88 Å². The molecule has 5 nitrogen and oxygen atoms in total. The van der Waals surface area contributed by atoms with Gasteiger partial charge in [-0.05, 0) is 36.2 Å². The van der Waals surface area contributed by atoms with Crippen LogP contribution < -0.4 is 10.5 Å². The third-order valence-electron chi connectivity index (χ3n) is 2.71. The number of nitrogens with zero attached hydrogens (tertiary/aromatic N) is 1. The van der Waals surface area contributed by atoms with E-state index in [9.17, 15) is 0 Å². The Kier molecular flexibility index (Phi) is 3.77. The molecule has 4 N–H and O–H groups in total. The van der Waals surface area contributed by atoms with Crippen LogP contribution in [0.4, 0.5) is 0 Å². The van der Waals surface area contributed by atoms with E-state index < -0.39 is 0 Å². The van der Waals surface area contributed by atoms with E-state index in [1.165, 1.54) is 0 Å². The molecule has 0 aliphatic carbocycles. The van der Waals surface area contributed by atoms with Crippen LogP contribution in [-0.2, 0) is 6.61 Å². The average Bonchev–Trinajstić information content (AvgIpc) is 2.39. The lowest BCUT2D eigenvalue weighted by molar-refractivity contribution is 0.281. The van der Waals surface area contributed by atoms with Gasteiger partial charge in [-0.25, -0.2) is 4.98 Å². The second-order valence-electron chi connectivity index (χ2n) is 4.13. The van der Waals surface area contributed by atoms with E-state index in [1.807, 2.05) is 6.92 Å². The Labute approximate surface area is 111 Å². The number of hydrogen-bond acceptors (Lipinski definition) is 4. The minimum absolute atomic E-state index is 0.0122. The van der Waals surface area contributed by atoms with Gasteiger partial charge in [-0.2, -0.15) is 0 Å². The third-order valence-corrected chi connectivity index (χ3v) is 2.71. The molecule has 0 amide bonds. The van der Waals surface area contributed by atoms with Crippen molar-refractivity contribution in [2.24, 2.45) is 5.73 Å². The van der Waals surface area contributed by atoms with Crippen molar-refractivity contribution in [2.75, 3.05) is 0 Å². The van der Waals surface area contributed by atoms with Gasteiger partial charge in [-0.3, -0.25) is 5.41 Å². The number of nitrogens with one attached hydrogen (secondary N) is 1. The Morgan fingerprint density at radius 3 is 2.58 bits per heavy atom. The van der Waals surface area contributed by atoms with Gasteiger partial charge >= 0.3 is 0 Å². The number of ether oxygens (including phenoxy) is 1. The predicted octanol–water partition coefficient (Wildman–Crippen LogP) is 1.96. The molecule has 1 aromatic carbocycles. The van der Waals surface area contributed by atoms with Crippen LogP contribution in [-0.4, -0.2) is 15.9 Å². The minimum atomic E-state index is -0.0763. The summed E-state index contributed by atoms with van der Waals surface area (Å²) >= 11 is 0. The molecule has 0 unspecified atom stereocenters. The molecule has 19 heavy (non-hydrogen) atoms. The van der Waals surface area contributed by atoms with Crippen molar-refractivity contribution >= 4 is 5.84 Å². The molecule has 0 saturated heterocycles. The van der Waals surface area contributed by atoms with Gasteiger partial charge in [-0.15, -0.1) is 0 Å². The highest BCUT2D eigenvalue weighted by atomic mass is 16.5. The van der Waals surface area contributed by atoms with Gasteiger partial charge in [0.15, 0.2) is 0 Å². The first-order valence-corrected chi connectivity index (χ1v) is 5.79. The number of hydrogen-bond donors (Lipinski definition) is 3. The minimum Gasteiger partial charge on any atom is -0.438 e. The predicted molar refractivity (Wildman–Crippen MR) is 72.4 cm³/mol. The zero-order chi connectivity index (χ0) is 13.8. The van der Waals surface area contributed by atoms with Gasteiger partial charge in [0.1, 0.15) is 11.6 Å². The molecule has 0 fully saturated rings. The lowest BCUT2D eigenvalue weighted by Gasteiger charge is -2.11. The Balaban J connectivity index is 2.32. The molecular formula is C14H15N3O2. The van der Waals surface area contributed by atoms with Crippen molar-refractivity contribution in [3.63, 3.8) is 0 Å². The molecule has 0 atom stereocenters. The lowest BCUT2D eigenvalue weighted by Crippen LogP contribution is -2.14. The molecule has 1 heterocycles. The molecular weight excluding hydrogens is 242 g/mol. The highest BCUT2D eigenvalue weighted by molar-refractivity contribution is 5.98. The summed E-state index contributed by atoms with van der Waals surface area (Å²) in [5.41, 5.74) is 7.68. The fraction of sp³-hybridized carbons (Fsp3) is 0.143. The summed E-state index contributed by atoms with van der Waals surface area (Å²) < 4.78 is 5.64. The molecule has 0 aliphatic heterocycles. The number of aliphatic hydroxyl groups is 1. The number of aryl methyl sites for hydroxylation is 1. The number of nitrogen functional groups attached to an aromatic ring is 1. The molecule has 0 radical (unpaired) electrons. The van der Waals surface area contributed by atoms with Crippen molar-refractivity contribution in [2.45, 2.75) is 13.5 Å². The lowest BCUT2D eigenvalue weighted by atomic mass is 10.1. The maximum atomic E-state index is 8.97. The van der Waals surface area contributed by atoms with Crippen LogP contribution >= 0.6 is 0 Å². The first kappa shape index (κ1) is 13.0. The molecule has 0 bridgehead atoms. The Morgan fingerprint density at radius 1 is 1.32 bits per heavy atom. The topological polar surface area (TPSA) is 92.2 Å². The number of pyridine rings is 1. The van der Waals surface area contributed by atoms with Crippen LogP contribution in [0.25, 0.3) is 0 Å². The number of aromatic nitrogens is 1. The largest absolute Gasteiger partial charge is 0.438 e. The van der Waals surface area contributed by atoms with Crippen LogP contribution in [0.1, 0.15) is 16.7 Å². The van der Waals surface area contributed by atoms with Crippen molar-refractivity contribution < 1.29 is 9.84 Å². The molecule has 5 heteroatoms.